The van der Waals surface area contributed by atoms with Crippen molar-refractivity contribution in [1.82, 2.24) is 19.9 Å². The Labute approximate surface area is 262 Å². The maximum atomic E-state index is 13.1. The topological polar surface area (TPSA) is 113 Å². The Morgan fingerprint density at radius 1 is 1.22 bits per heavy atom. The smallest absolute Gasteiger partial charge is 0.433 e. The Hall–Kier alpha value is -3.93. The van der Waals surface area contributed by atoms with E-state index in [9.17, 15) is 23.1 Å². The molecular weight excluding hydrogens is 585 g/mol. The van der Waals surface area contributed by atoms with E-state index in [0.717, 1.165) is 80.3 Å². The molecule has 45 heavy (non-hydrogen) atoms. The number of hydrogen-bond acceptors (Lipinski definition) is 8. The summed E-state index contributed by atoms with van der Waals surface area (Å²) >= 11 is 0. The number of anilines is 2. The van der Waals surface area contributed by atoms with Gasteiger partial charge in [-0.05, 0) is 87.6 Å². The van der Waals surface area contributed by atoms with Crippen molar-refractivity contribution in [3.05, 3.63) is 77.1 Å². The minimum absolute atomic E-state index is 0.154. The fourth-order valence-corrected chi connectivity index (χ4v) is 5.28. The van der Waals surface area contributed by atoms with Crippen LogP contribution in [0.3, 0.4) is 0 Å². The van der Waals surface area contributed by atoms with E-state index in [1.807, 2.05) is 19.1 Å². The number of alkyl halides is 3. The van der Waals surface area contributed by atoms with E-state index in [0.29, 0.717) is 32.2 Å². The largest absolute Gasteiger partial charge is 0.492 e. The molecule has 2 aliphatic rings. The molecule has 0 saturated carbocycles. The van der Waals surface area contributed by atoms with Crippen LogP contribution in [-0.2, 0) is 28.5 Å². The molecule has 9 nitrogen and oxygen atoms in total. The number of carboxylic acids is 1. The van der Waals surface area contributed by atoms with Crippen LogP contribution in [0.2, 0.25) is 0 Å². The maximum Gasteiger partial charge on any atom is 0.433 e. The van der Waals surface area contributed by atoms with Crippen LogP contribution in [0.25, 0.3) is 0 Å². The monoisotopic (exact) mass is 628 g/mol. The van der Waals surface area contributed by atoms with Crippen LogP contribution >= 0.6 is 0 Å². The summed E-state index contributed by atoms with van der Waals surface area (Å²) in [5, 5.41) is 15.9. The Bertz CT molecular complexity index is 1380. The molecule has 244 valence electrons. The van der Waals surface area contributed by atoms with Crippen LogP contribution in [0, 0.1) is 5.92 Å². The molecule has 1 unspecified atom stereocenters. The summed E-state index contributed by atoms with van der Waals surface area (Å²) in [4.78, 5) is 26.0. The van der Waals surface area contributed by atoms with E-state index in [2.05, 4.69) is 56.7 Å². The van der Waals surface area contributed by atoms with Gasteiger partial charge in [0.05, 0.1) is 0 Å². The minimum atomic E-state index is -4.66. The van der Waals surface area contributed by atoms with Crippen molar-refractivity contribution in [2.75, 3.05) is 43.4 Å². The van der Waals surface area contributed by atoms with Crippen molar-refractivity contribution >= 4 is 17.6 Å². The second-order valence-corrected chi connectivity index (χ2v) is 11.6. The van der Waals surface area contributed by atoms with Gasteiger partial charge in [0, 0.05) is 31.4 Å². The van der Waals surface area contributed by atoms with Gasteiger partial charge in [0.2, 0.25) is 0 Å². The predicted molar refractivity (Wildman–Crippen MR) is 168 cm³/mol. The molecule has 1 aliphatic heterocycles. The first-order valence-corrected chi connectivity index (χ1v) is 15.6. The summed E-state index contributed by atoms with van der Waals surface area (Å²) in [5.41, 5.74) is 2.23. The third-order valence-electron chi connectivity index (χ3n) is 7.96. The lowest BCUT2D eigenvalue weighted by molar-refractivity contribution is -0.141. The quantitative estimate of drug-likeness (QED) is 0.197. The number of nitrogens with one attached hydrogen (secondary N) is 2. The number of rotatable bonds is 15. The van der Waals surface area contributed by atoms with E-state index in [1.165, 1.54) is 5.56 Å². The molecule has 2 aromatic heterocycles. The van der Waals surface area contributed by atoms with Gasteiger partial charge >= 0.3 is 12.1 Å². The Morgan fingerprint density at radius 3 is 2.87 bits per heavy atom. The summed E-state index contributed by atoms with van der Waals surface area (Å²) in [6, 6.07) is 3.82. The predicted octanol–water partition coefficient (Wildman–Crippen LogP) is 6.27. The maximum absolute atomic E-state index is 13.1. The zero-order valence-electron chi connectivity index (χ0n) is 25.9. The number of aryl methyl sites for hydroxylation is 2. The number of hydrogen-bond donors (Lipinski definition) is 3. The molecule has 0 amide bonds. The minimum Gasteiger partial charge on any atom is -0.492 e. The molecule has 4 rings (SSSR count). The fourth-order valence-electron chi connectivity index (χ4n) is 5.28. The van der Waals surface area contributed by atoms with Crippen LogP contribution in [0.15, 0.2) is 60.2 Å². The Morgan fingerprint density at radius 2 is 2.07 bits per heavy atom. The summed E-state index contributed by atoms with van der Waals surface area (Å²) in [7, 11) is 0. The molecular formula is C33H43F3N6O3. The molecule has 1 aliphatic carbocycles. The number of pyridine rings is 1. The highest BCUT2D eigenvalue weighted by Crippen LogP contribution is 2.28. The van der Waals surface area contributed by atoms with Gasteiger partial charge in [-0.25, -0.2) is 19.7 Å². The van der Waals surface area contributed by atoms with Gasteiger partial charge in [-0.3, -0.25) is 4.90 Å². The summed E-state index contributed by atoms with van der Waals surface area (Å²) in [6.45, 7) is 7.20. The van der Waals surface area contributed by atoms with E-state index < -0.39 is 23.9 Å². The molecule has 3 N–H and O–H groups in total. The van der Waals surface area contributed by atoms with Gasteiger partial charge in [-0.1, -0.05) is 31.2 Å². The van der Waals surface area contributed by atoms with E-state index in [4.69, 9.17) is 9.72 Å². The normalized spacial score (nSPS) is 20.4. The van der Waals surface area contributed by atoms with Gasteiger partial charge in [-0.2, -0.15) is 13.2 Å². The lowest BCUT2D eigenvalue weighted by Gasteiger charge is -2.25. The molecule has 0 radical (unpaired) electrons. The number of fused-ring (bicyclic) bond motifs is 1. The molecule has 0 saturated heterocycles. The molecule has 0 fully saturated rings. The van der Waals surface area contributed by atoms with E-state index in [-0.39, 0.29) is 12.2 Å². The Kier molecular flexibility index (Phi) is 12.4. The summed E-state index contributed by atoms with van der Waals surface area (Å²) in [5.74, 6) is 0.881. The first-order chi connectivity index (χ1) is 21.6. The number of halogens is 3. The van der Waals surface area contributed by atoms with Crippen LogP contribution in [0.1, 0.15) is 62.9 Å². The van der Waals surface area contributed by atoms with E-state index >= 15 is 0 Å². The number of nitrogens with zero attached hydrogens (tertiary/aromatic N) is 4. The Balaban J connectivity index is 1.36. The third kappa shape index (κ3) is 10.9. The number of carbonyl (C=O) groups is 1. The highest BCUT2D eigenvalue weighted by atomic mass is 19.4. The number of aliphatic carboxylic acids is 1. The zero-order chi connectivity index (χ0) is 32.2. The van der Waals surface area contributed by atoms with E-state index in [1.54, 1.807) is 0 Å². The number of allylic oxidation sites excluding steroid dienone is 5. The first-order valence-electron chi connectivity index (χ1n) is 15.6. The van der Waals surface area contributed by atoms with Gasteiger partial charge in [0.15, 0.2) is 0 Å². The van der Waals surface area contributed by atoms with Crippen molar-refractivity contribution in [1.29, 1.82) is 0 Å². The molecule has 3 heterocycles. The SMILES string of the molecule is CC1=C\CC(C)/C=C/C=C\1OCCN(CCCCc1ccc2c(n1)NCCC2)CC[C@H](Nc1cc(C(F)(F)F)ncn1)C(=O)O. The van der Waals surface area contributed by atoms with Crippen molar-refractivity contribution < 1.29 is 27.8 Å². The first kappa shape index (κ1) is 34.0. The van der Waals surface area contributed by atoms with Gasteiger partial charge in [-0.15, -0.1) is 0 Å². The lowest BCUT2D eigenvalue weighted by Crippen LogP contribution is -2.37. The standard InChI is InChI=1S/C33H43F3N6O3/c1-23-7-5-10-28(24(2)12-11-23)45-20-19-42(17-4-3-9-26-14-13-25-8-6-16-37-31(25)40-26)18-15-27(32(43)44)41-30-21-29(33(34,35)36)38-22-39-30/h5,7,10,12-14,21-23,27H,3-4,6,8-9,11,15-20H2,1-2H3,(H,37,40)(H,43,44)(H,38,39,41)/b7-5+,24-12+,28-10+/t23?,27-/m0/s1. The van der Waals surface area contributed by atoms with Gasteiger partial charge < -0.3 is 20.5 Å². The molecule has 0 bridgehead atoms. The number of unbranched alkanes of at least 4 members (excludes halogenated alkanes) is 1. The molecule has 0 aromatic carbocycles. The summed E-state index contributed by atoms with van der Waals surface area (Å²) < 4.78 is 45.5. The number of aromatic nitrogens is 3. The van der Waals surface area contributed by atoms with Gasteiger partial charge in [0.1, 0.15) is 42.1 Å². The highest BCUT2D eigenvalue weighted by Gasteiger charge is 2.33. The molecule has 12 heteroatoms. The van der Waals surface area contributed by atoms with Gasteiger partial charge in [0.25, 0.3) is 0 Å². The second-order valence-electron chi connectivity index (χ2n) is 11.6. The average molecular weight is 629 g/mol. The zero-order valence-corrected chi connectivity index (χ0v) is 25.9. The van der Waals surface area contributed by atoms with Crippen LogP contribution in [0.4, 0.5) is 24.8 Å². The van der Waals surface area contributed by atoms with Crippen LogP contribution in [0.5, 0.6) is 0 Å². The van der Waals surface area contributed by atoms with Crippen molar-refractivity contribution in [3.8, 4) is 0 Å². The van der Waals surface area contributed by atoms with Crippen molar-refractivity contribution in [3.63, 3.8) is 0 Å². The van der Waals surface area contributed by atoms with Crippen molar-refractivity contribution in [2.45, 2.75) is 71.0 Å². The van der Waals surface area contributed by atoms with Crippen molar-refractivity contribution in [2.24, 2.45) is 5.92 Å². The summed E-state index contributed by atoms with van der Waals surface area (Å²) in [6.07, 6.45) is 10.2. The number of carboxylic acid groups (broad SMARTS) is 1. The molecule has 0 spiro atoms. The number of ether oxygens (including phenoxy) is 1. The molecule has 2 atom stereocenters. The third-order valence-corrected chi connectivity index (χ3v) is 7.96. The van der Waals surface area contributed by atoms with Crippen LogP contribution in [-0.4, -0.2) is 69.8 Å². The lowest BCUT2D eigenvalue weighted by atomic mass is 10.0. The second kappa shape index (κ2) is 16.4. The highest BCUT2D eigenvalue weighted by molar-refractivity contribution is 5.76. The van der Waals surface area contributed by atoms with Crippen LogP contribution < -0.4 is 10.6 Å². The average Bonchev–Trinajstić information content (AvgIpc) is 3.01. The molecule has 2 aromatic rings. The fraction of sp³-hybridized carbons (Fsp3) is 0.515.